The highest BCUT2D eigenvalue weighted by atomic mass is 35.5. The van der Waals surface area contributed by atoms with Crippen molar-refractivity contribution in [2.45, 2.75) is 6.54 Å². The molecule has 0 aliphatic rings. The molecule has 0 unspecified atom stereocenters. The molecule has 4 nitrogen and oxygen atoms in total. The lowest BCUT2D eigenvalue weighted by molar-refractivity contribution is -0.681. The van der Waals surface area contributed by atoms with E-state index in [1.54, 1.807) is 4.57 Å². The van der Waals surface area contributed by atoms with E-state index >= 15 is 0 Å². The number of Topliss-reactive ketones (excluding diaryl/α,β-unsaturated/α-hetero) is 1. The van der Waals surface area contributed by atoms with Gasteiger partial charge in [0.15, 0.2) is 23.9 Å². The molecule has 1 heterocycles. The summed E-state index contributed by atoms with van der Waals surface area (Å²) in [6.45, 7) is 0.176. The van der Waals surface area contributed by atoms with Crippen LogP contribution < -0.4 is 17.0 Å². The Hall–Kier alpha value is -2.59. The van der Waals surface area contributed by atoms with Gasteiger partial charge in [-0.05, 0) is 29.7 Å². The molecule has 0 atom stereocenters. The third-order valence-corrected chi connectivity index (χ3v) is 3.37. The highest BCUT2D eigenvalue weighted by Crippen LogP contribution is 2.25. The Labute approximate surface area is 133 Å². The van der Waals surface area contributed by atoms with Gasteiger partial charge in [-0.15, -0.1) is 0 Å². The molecule has 0 bridgehead atoms. The zero-order valence-electron chi connectivity index (χ0n) is 11.6. The normalized spacial score (nSPS) is 10.2. The predicted octanol–water partition coefficient (Wildman–Crippen LogP) is -0.575. The van der Waals surface area contributed by atoms with Crippen LogP contribution in [0.15, 0.2) is 60.9 Å². The van der Waals surface area contributed by atoms with Crippen LogP contribution in [0, 0.1) is 0 Å². The highest BCUT2D eigenvalue weighted by Gasteiger charge is 2.14. The molecule has 0 fully saturated rings. The van der Waals surface area contributed by atoms with Crippen LogP contribution in [0.5, 0.6) is 11.5 Å². The molecule has 0 saturated carbocycles. The van der Waals surface area contributed by atoms with Crippen molar-refractivity contribution in [3.05, 3.63) is 66.5 Å². The van der Waals surface area contributed by atoms with Gasteiger partial charge >= 0.3 is 0 Å². The van der Waals surface area contributed by atoms with Crippen LogP contribution in [-0.4, -0.2) is 16.0 Å². The van der Waals surface area contributed by atoms with E-state index in [0.29, 0.717) is 5.56 Å². The number of hydrogen-bond acceptors (Lipinski definition) is 3. The van der Waals surface area contributed by atoms with E-state index in [2.05, 4.69) is 0 Å². The summed E-state index contributed by atoms with van der Waals surface area (Å²) < 4.78 is 1.80. The first-order valence-electron chi connectivity index (χ1n) is 6.56. The average molecular weight is 316 g/mol. The standard InChI is InChI=1S/C17H13NO3.ClH/c19-15-6-5-13(9-16(15)20)17(21)11-18-8-7-12-3-1-2-4-14(12)10-18;/h1-10H,11H2,(H-,19,20,21);1H. The van der Waals surface area contributed by atoms with Crippen molar-refractivity contribution >= 4 is 16.6 Å². The maximum absolute atomic E-state index is 12.2. The summed E-state index contributed by atoms with van der Waals surface area (Å²) in [6, 6.07) is 14.0. The van der Waals surface area contributed by atoms with Crippen LogP contribution in [0.25, 0.3) is 10.8 Å². The molecule has 2 aromatic carbocycles. The minimum Gasteiger partial charge on any atom is -1.00 e. The van der Waals surface area contributed by atoms with Crippen molar-refractivity contribution in [1.29, 1.82) is 0 Å². The first-order valence-corrected chi connectivity index (χ1v) is 6.56. The lowest BCUT2D eigenvalue weighted by Gasteiger charge is -2.02. The van der Waals surface area contributed by atoms with Crippen molar-refractivity contribution < 1.29 is 32.0 Å². The minimum absolute atomic E-state index is 0. The maximum Gasteiger partial charge on any atom is 0.227 e. The Bertz CT molecular complexity index is 833. The number of aromatic hydroxyl groups is 2. The Morgan fingerprint density at radius 3 is 2.41 bits per heavy atom. The molecular weight excluding hydrogens is 302 g/mol. The number of aromatic nitrogens is 1. The SMILES string of the molecule is O=C(C[n+]1ccc2ccccc2c1)c1ccc(O)c(O)c1.[Cl-]. The smallest absolute Gasteiger partial charge is 0.227 e. The van der Waals surface area contributed by atoms with Crippen molar-refractivity contribution in [3.8, 4) is 11.5 Å². The number of fused-ring (bicyclic) bond motifs is 1. The summed E-state index contributed by atoms with van der Waals surface area (Å²) in [5.74, 6) is -0.653. The number of benzene rings is 2. The van der Waals surface area contributed by atoms with Gasteiger partial charge in [-0.2, -0.15) is 4.57 Å². The van der Waals surface area contributed by atoms with Gasteiger partial charge in [-0.25, -0.2) is 0 Å². The van der Waals surface area contributed by atoms with Gasteiger partial charge in [0.25, 0.3) is 0 Å². The fraction of sp³-hybridized carbons (Fsp3) is 0.0588. The molecule has 3 aromatic rings. The van der Waals surface area contributed by atoms with Crippen molar-refractivity contribution in [2.24, 2.45) is 0 Å². The summed E-state index contributed by atoms with van der Waals surface area (Å²) >= 11 is 0. The predicted molar refractivity (Wildman–Crippen MR) is 78.2 cm³/mol. The molecule has 0 spiro atoms. The van der Waals surface area contributed by atoms with Gasteiger partial charge < -0.3 is 22.6 Å². The summed E-state index contributed by atoms with van der Waals surface area (Å²) in [5.41, 5.74) is 0.367. The number of phenols is 2. The highest BCUT2D eigenvalue weighted by molar-refractivity contribution is 5.95. The third-order valence-electron chi connectivity index (χ3n) is 3.37. The summed E-state index contributed by atoms with van der Waals surface area (Å²) in [4.78, 5) is 12.2. The van der Waals surface area contributed by atoms with Gasteiger partial charge in [0.05, 0.1) is 0 Å². The molecule has 0 radical (unpaired) electrons. The van der Waals surface area contributed by atoms with Gasteiger partial charge in [-0.3, -0.25) is 4.79 Å². The molecule has 2 N–H and O–H groups in total. The molecule has 0 amide bonds. The quantitative estimate of drug-likeness (QED) is 0.386. The van der Waals surface area contributed by atoms with Gasteiger partial charge in [0.2, 0.25) is 12.3 Å². The number of halogens is 1. The first kappa shape index (κ1) is 15.8. The Kier molecular flexibility index (Phi) is 4.63. The Balaban J connectivity index is 0.00000176. The van der Waals surface area contributed by atoms with Crippen LogP contribution >= 0.6 is 0 Å². The largest absolute Gasteiger partial charge is 1.00 e. The summed E-state index contributed by atoms with van der Waals surface area (Å²) in [7, 11) is 0. The van der Waals surface area contributed by atoms with E-state index in [9.17, 15) is 15.0 Å². The summed E-state index contributed by atoms with van der Waals surface area (Å²) in [6.07, 6.45) is 3.76. The number of carbonyl (C=O) groups is 1. The number of pyridine rings is 1. The Morgan fingerprint density at radius 2 is 1.68 bits per heavy atom. The van der Waals surface area contributed by atoms with Gasteiger partial charge in [0.1, 0.15) is 0 Å². The molecule has 22 heavy (non-hydrogen) atoms. The minimum atomic E-state index is -0.288. The van der Waals surface area contributed by atoms with Gasteiger partial charge in [-0.1, -0.05) is 18.2 Å². The molecule has 0 aliphatic heterocycles. The number of hydrogen-bond donors (Lipinski definition) is 2. The molecule has 1 aromatic heterocycles. The van der Waals surface area contributed by atoms with Crippen molar-refractivity contribution in [3.63, 3.8) is 0 Å². The summed E-state index contributed by atoms with van der Waals surface area (Å²) in [5, 5.41) is 20.9. The fourth-order valence-corrected chi connectivity index (χ4v) is 2.23. The molecule has 112 valence electrons. The zero-order chi connectivity index (χ0) is 14.8. The molecule has 5 heteroatoms. The van der Waals surface area contributed by atoms with Crippen LogP contribution in [0.4, 0.5) is 0 Å². The van der Waals surface area contributed by atoms with E-state index in [4.69, 9.17) is 0 Å². The van der Waals surface area contributed by atoms with Crippen LogP contribution in [0.2, 0.25) is 0 Å². The topological polar surface area (TPSA) is 61.4 Å². The number of phenolic OH excluding ortho intramolecular Hbond substituents is 2. The second kappa shape index (κ2) is 6.45. The number of rotatable bonds is 3. The molecule has 3 rings (SSSR count). The van der Waals surface area contributed by atoms with Crippen LogP contribution in [0.1, 0.15) is 10.4 Å². The van der Waals surface area contributed by atoms with E-state index in [1.807, 2.05) is 42.7 Å². The van der Waals surface area contributed by atoms with Crippen LogP contribution in [-0.2, 0) is 6.54 Å². The third kappa shape index (κ3) is 3.18. The maximum atomic E-state index is 12.2. The van der Waals surface area contributed by atoms with E-state index in [1.165, 1.54) is 18.2 Å². The van der Waals surface area contributed by atoms with Gasteiger partial charge in [0, 0.05) is 17.0 Å². The van der Waals surface area contributed by atoms with E-state index < -0.39 is 0 Å². The lowest BCUT2D eigenvalue weighted by Crippen LogP contribution is -3.00. The van der Waals surface area contributed by atoms with Crippen molar-refractivity contribution in [2.75, 3.05) is 0 Å². The number of carbonyl (C=O) groups excluding carboxylic acids is 1. The van der Waals surface area contributed by atoms with E-state index in [0.717, 1.165) is 10.8 Å². The number of ketones is 1. The Morgan fingerprint density at radius 1 is 0.955 bits per heavy atom. The van der Waals surface area contributed by atoms with Crippen molar-refractivity contribution in [1.82, 2.24) is 0 Å². The van der Waals surface area contributed by atoms with E-state index in [-0.39, 0.29) is 36.2 Å². The first-order chi connectivity index (χ1) is 10.1. The lowest BCUT2D eigenvalue weighted by atomic mass is 10.1. The van der Waals surface area contributed by atoms with Crippen LogP contribution in [0.3, 0.4) is 0 Å². The molecular formula is C17H14ClNO3. The molecule has 0 aliphatic carbocycles. The second-order valence-corrected chi connectivity index (χ2v) is 4.87. The zero-order valence-corrected chi connectivity index (χ0v) is 12.4. The number of nitrogens with zero attached hydrogens (tertiary/aromatic N) is 1. The average Bonchev–Trinajstić information content (AvgIpc) is 2.50. The molecule has 0 saturated heterocycles. The fourth-order valence-electron chi connectivity index (χ4n) is 2.23. The second-order valence-electron chi connectivity index (χ2n) is 4.87. The monoisotopic (exact) mass is 315 g/mol.